The predicted molar refractivity (Wildman–Crippen MR) is 126 cm³/mol. The topological polar surface area (TPSA) is 58.6 Å². The van der Waals surface area contributed by atoms with Crippen molar-refractivity contribution in [1.29, 1.82) is 0 Å². The maximum absolute atomic E-state index is 13.2. The molecule has 0 aliphatic carbocycles. The summed E-state index contributed by atoms with van der Waals surface area (Å²) in [5.41, 5.74) is 0.695. The van der Waals surface area contributed by atoms with Crippen molar-refractivity contribution >= 4 is 46.6 Å². The molecule has 0 heterocycles. The third kappa shape index (κ3) is 7.60. The summed E-state index contributed by atoms with van der Waals surface area (Å²) < 4.78 is 5.63. The van der Waals surface area contributed by atoms with Gasteiger partial charge in [-0.05, 0) is 61.7 Å². The molecule has 0 aromatic heterocycles. The lowest BCUT2D eigenvalue weighted by atomic mass is 10.1. The predicted octanol–water partition coefficient (Wildman–Crippen LogP) is 5.75. The van der Waals surface area contributed by atoms with Gasteiger partial charge in [0.25, 0.3) is 5.91 Å². The number of rotatable bonds is 10. The van der Waals surface area contributed by atoms with Crippen LogP contribution in [0.2, 0.25) is 15.1 Å². The average molecular weight is 486 g/mol. The summed E-state index contributed by atoms with van der Waals surface area (Å²) in [6.45, 7) is 5.72. The number of hydrogen-bond acceptors (Lipinski definition) is 3. The first-order chi connectivity index (χ1) is 14.7. The van der Waals surface area contributed by atoms with Crippen LogP contribution >= 0.6 is 34.8 Å². The van der Waals surface area contributed by atoms with Gasteiger partial charge in [-0.25, -0.2) is 0 Å². The second kappa shape index (κ2) is 12.2. The third-order valence-corrected chi connectivity index (χ3v) is 5.76. The van der Waals surface area contributed by atoms with Gasteiger partial charge in [0.1, 0.15) is 11.8 Å². The molecule has 2 aromatic rings. The standard InChI is InChI=1S/C23H27Cl3N2O3/c1-4-15(3)27-23(30)21(5-2)28(13-16-6-7-18(25)12-20(16)26)22(29)14-31-19-10-8-17(24)9-11-19/h6-12,15,21H,4-5,13-14H2,1-3H3,(H,27,30)/t15-,21-/m0/s1. The third-order valence-electron chi connectivity index (χ3n) is 4.92. The highest BCUT2D eigenvalue weighted by atomic mass is 35.5. The van der Waals surface area contributed by atoms with Gasteiger partial charge in [-0.3, -0.25) is 9.59 Å². The molecule has 0 fully saturated rings. The zero-order valence-corrected chi connectivity index (χ0v) is 20.1. The molecule has 0 radical (unpaired) electrons. The zero-order chi connectivity index (χ0) is 23.0. The van der Waals surface area contributed by atoms with Crippen molar-refractivity contribution < 1.29 is 14.3 Å². The molecule has 0 saturated heterocycles. The number of hydrogen-bond donors (Lipinski definition) is 1. The fourth-order valence-electron chi connectivity index (χ4n) is 2.95. The quantitative estimate of drug-likeness (QED) is 0.466. The van der Waals surface area contributed by atoms with E-state index in [1.807, 2.05) is 20.8 Å². The van der Waals surface area contributed by atoms with Gasteiger partial charge in [0.15, 0.2) is 6.61 Å². The van der Waals surface area contributed by atoms with Crippen LogP contribution in [0.1, 0.15) is 39.2 Å². The number of ether oxygens (including phenoxy) is 1. The lowest BCUT2D eigenvalue weighted by molar-refractivity contribution is -0.143. The molecule has 0 aliphatic heterocycles. The Kier molecular flexibility index (Phi) is 9.94. The summed E-state index contributed by atoms with van der Waals surface area (Å²) >= 11 is 18.2. The lowest BCUT2D eigenvalue weighted by Gasteiger charge is -2.31. The van der Waals surface area contributed by atoms with Crippen molar-refractivity contribution in [3.8, 4) is 5.75 Å². The smallest absolute Gasteiger partial charge is 0.261 e. The fraction of sp³-hybridized carbons (Fsp3) is 0.391. The molecular formula is C23H27Cl3N2O3. The van der Waals surface area contributed by atoms with Crippen molar-refractivity contribution in [3.05, 3.63) is 63.1 Å². The van der Waals surface area contributed by atoms with Crippen LogP contribution in [0.15, 0.2) is 42.5 Å². The molecule has 0 saturated carbocycles. The summed E-state index contributed by atoms with van der Waals surface area (Å²) in [5.74, 6) is -0.0202. The second-order valence-corrected chi connectivity index (χ2v) is 8.52. The van der Waals surface area contributed by atoms with Crippen LogP contribution in [-0.2, 0) is 16.1 Å². The normalized spacial score (nSPS) is 12.7. The van der Waals surface area contributed by atoms with Crippen molar-refractivity contribution in [2.45, 2.75) is 52.2 Å². The van der Waals surface area contributed by atoms with Crippen LogP contribution < -0.4 is 10.1 Å². The summed E-state index contributed by atoms with van der Waals surface area (Å²) in [7, 11) is 0. The Bertz CT molecular complexity index is 890. The summed E-state index contributed by atoms with van der Waals surface area (Å²) in [6, 6.07) is 11.1. The summed E-state index contributed by atoms with van der Waals surface area (Å²) in [5, 5.41) is 4.47. The van der Waals surface area contributed by atoms with Crippen molar-refractivity contribution in [1.82, 2.24) is 10.2 Å². The van der Waals surface area contributed by atoms with Gasteiger partial charge in [-0.15, -0.1) is 0 Å². The number of nitrogens with zero attached hydrogens (tertiary/aromatic N) is 1. The molecular weight excluding hydrogens is 459 g/mol. The molecule has 0 unspecified atom stereocenters. The Morgan fingerprint density at radius 2 is 1.65 bits per heavy atom. The minimum atomic E-state index is -0.665. The SMILES string of the molecule is CC[C@H](C)NC(=O)[C@H](CC)N(Cc1ccc(Cl)cc1Cl)C(=O)COc1ccc(Cl)cc1. The van der Waals surface area contributed by atoms with E-state index >= 15 is 0 Å². The minimum absolute atomic E-state index is 0.00272. The molecule has 1 N–H and O–H groups in total. The van der Waals surface area contributed by atoms with Crippen LogP contribution in [0, 0.1) is 0 Å². The van der Waals surface area contributed by atoms with Crippen molar-refractivity contribution in [2.24, 2.45) is 0 Å². The van der Waals surface area contributed by atoms with Gasteiger partial charge in [0.05, 0.1) is 0 Å². The summed E-state index contributed by atoms with van der Waals surface area (Å²) in [4.78, 5) is 27.6. The highest BCUT2D eigenvalue weighted by Gasteiger charge is 2.30. The van der Waals surface area contributed by atoms with Crippen molar-refractivity contribution in [3.63, 3.8) is 0 Å². The number of halogens is 3. The van der Waals surface area contributed by atoms with Gasteiger partial charge in [-0.1, -0.05) is 54.7 Å². The number of carbonyl (C=O) groups is 2. The maximum Gasteiger partial charge on any atom is 0.261 e. The number of nitrogens with one attached hydrogen (secondary N) is 1. The van der Waals surface area contributed by atoms with E-state index in [2.05, 4.69) is 5.32 Å². The number of amides is 2. The highest BCUT2D eigenvalue weighted by molar-refractivity contribution is 6.35. The number of carbonyl (C=O) groups excluding carboxylic acids is 2. The largest absolute Gasteiger partial charge is 0.484 e. The minimum Gasteiger partial charge on any atom is -0.484 e. The molecule has 0 aliphatic rings. The Hall–Kier alpha value is -1.95. The Morgan fingerprint density at radius 1 is 1.00 bits per heavy atom. The fourth-order valence-corrected chi connectivity index (χ4v) is 3.55. The van der Waals surface area contributed by atoms with E-state index in [4.69, 9.17) is 39.5 Å². The van der Waals surface area contributed by atoms with E-state index < -0.39 is 6.04 Å². The molecule has 8 heteroatoms. The van der Waals surface area contributed by atoms with Crippen LogP contribution in [0.25, 0.3) is 0 Å². The molecule has 0 bridgehead atoms. The van der Waals surface area contributed by atoms with E-state index in [1.165, 1.54) is 4.90 Å². The molecule has 0 spiro atoms. The van der Waals surface area contributed by atoms with Gasteiger partial charge in [0, 0.05) is 27.7 Å². The maximum atomic E-state index is 13.2. The van der Waals surface area contributed by atoms with E-state index in [0.717, 1.165) is 6.42 Å². The highest BCUT2D eigenvalue weighted by Crippen LogP contribution is 2.24. The first kappa shape index (κ1) is 25.3. The molecule has 2 rings (SSSR count). The Balaban J connectivity index is 2.24. The average Bonchev–Trinajstić information content (AvgIpc) is 2.74. The molecule has 2 aromatic carbocycles. The molecule has 2 amide bonds. The van der Waals surface area contributed by atoms with Crippen molar-refractivity contribution in [2.75, 3.05) is 6.61 Å². The summed E-state index contributed by atoms with van der Waals surface area (Å²) in [6.07, 6.45) is 1.24. The van der Waals surface area contributed by atoms with Crippen LogP contribution in [0.4, 0.5) is 0 Å². The van der Waals surface area contributed by atoms with E-state index in [0.29, 0.717) is 32.8 Å². The van der Waals surface area contributed by atoms with Gasteiger partial charge in [-0.2, -0.15) is 0 Å². The molecule has 168 valence electrons. The van der Waals surface area contributed by atoms with Crippen LogP contribution in [0.3, 0.4) is 0 Å². The second-order valence-electron chi connectivity index (χ2n) is 7.24. The van der Waals surface area contributed by atoms with E-state index in [9.17, 15) is 9.59 Å². The van der Waals surface area contributed by atoms with Gasteiger partial charge < -0.3 is 15.0 Å². The van der Waals surface area contributed by atoms with Crippen LogP contribution in [-0.4, -0.2) is 35.4 Å². The molecule has 5 nitrogen and oxygen atoms in total. The zero-order valence-electron chi connectivity index (χ0n) is 17.8. The van der Waals surface area contributed by atoms with E-state index in [1.54, 1.807) is 42.5 Å². The Morgan fingerprint density at radius 3 is 2.23 bits per heavy atom. The number of benzene rings is 2. The molecule has 31 heavy (non-hydrogen) atoms. The first-order valence-electron chi connectivity index (χ1n) is 10.2. The lowest BCUT2D eigenvalue weighted by Crippen LogP contribution is -2.51. The Labute approximate surface area is 198 Å². The molecule has 2 atom stereocenters. The van der Waals surface area contributed by atoms with E-state index in [-0.39, 0.29) is 31.0 Å². The first-order valence-corrected chi connectivity index (χ1v) is 11.3. The monoisotopic (exact) mass is 484 g/mol. The van der Waals surface area contributed by atoms with Gasteiger partial charge >= 0.3 is 0 Å². The van der Waals surface area contributed by atoms with Gasteiger partial charge in [0.2, 0.25) is 5.91 Å². The van der Waals surface area contributed by atoms with Crippen LogP contribution in [0.5, 0.6) is 5.75 Å².